The summed E-state index contributed by atoms with van der Waals surface area (Å²) in [5, 5.41) is 7.06. The van der Waals surface area contributed by atoms with Gasteiger partial charge in [-0.1, -0.05) is 41.6 Å². The highest BCUT2D eigenvalue weighted by Crippen LogP contribution is 2.29. The van der Waals surface area contributed by atoms with Crippen LogP contribution in [0.1, 0.15) is 46.3 Å². The number of nitrogens with one attached hydrogen (secondary N) is 1. The van der Waals surface area contributed by atoms with E-state index in [0.717, 1.165) is 24.8 Å². The maximum atomic E-state index is 12.6. The molecule has 1 aromatic heterocycles. The second-order valence-electron chi connectivity index (χ2n) is 6.33. The number of nitrogens with zero attached hydrogens (tertiary/aromatic N) is 2. The van der Waals surface area contributed by atoms with Crippen LogP contribution in [-0.4, -0.2) is 16.0 Å². The van der Waals surface area contributed by atoms with Crippen LogP contribution in [0.25, 0.3) is 11.4 Å². The van der Waals surface area contributed by atoms with Crippen LogP contribution in [0.2, 0.25) is 0 Å². The maximum absolute atomic E-state index is 12.6. The Bertz CT molecular complexity index is 899. The van der Waals surface area contributed by atoms with E-state index in [9.17, 15) is 4.79 Å². The summed E-state index contributed by atoms with van der Waals surface area (Å²) in [6.07, 6.45) is 3.16. The molecule has 0 radical (unpaired) electrons. The third-order valence-electron chi connectivity index (χ3n) is 4.61. The molecule has 0 bridgehead atoms. The molecule has 0 spiro atoms. The highest BCUT2D eigenvalue weighted by Gasteiger charge is 2.21. The lowest BCUT2D eigenvalue weighted by Gasteiger charge is -2.26. The molecule has 0 saturated heterocycles. The van der Waals surface area contributed by atoms with Gasteiger partial charge in [0.05, 0.1) is 6.04 Å². The molecule has 0 saturated carbocycles. The molecular formula is C20H19N3O2. The predicted octanol–water partition coefficient (Wildman–Crippen LogP) is 3.85. The fourth-order valence-electron chi connectivity index (χ4n) is 3.33. The first-order valence-corrected chi connectivity index (χ1v) is 8.50. The minimum Gasteiger partial charge on any atom is -0.345 e. The molecule has 1 atom stereocenters. The van der Waals surface area contributed by atoms with Crippen LogP contribution in [0.5, 0.6) is 0 Å². The average Bonchev–Trinajstić information content (AvgIpc) is 3.08. The van der Waals surface area contributed by atoms with E-state index in [1.165, 1.54) is 11.1 Å². The van der Waals surface area contributed by atoms with Gasteiger partial charge in [0.2, 0.25) is 11.7 Å². The summed E-state index contributed by atoms with van der Waals surface area (Å²) >= 11 is 0. The van der Waals surface area contributed by atoms with Crippen molar-refractivity contribution >= 4 is 5.91 Å². The Hall–Kier alpha value is -2.95. The number of carbonyl (C=O) groups excluding carboxylic acids is 1. The highest BCUT2D eigenvalue weighted by molar-refractivity contribution is 5.94. The molecule has 3 aromatic rings. The molecule has 4 rings (SSSR count). The van der Waals surface area contributed by atoms with Gasteiger partial charge < -0.3 is 9.84 Å². The summed E-state index contributed by atoms with van der Waals surface area (Å²) in [4.78, 5) is 16.8. The van der Waals surface area contributed by atoms with Crippen LogP contribution in [-0.2, 0) is 6.42 Å². The first-order valence-electron chi connectivity index (χ1n) is 8.50. The van der Waals surface area contributed by atoms with Gasteiger partial charge in [-0.15, -0.1) is 0 Å². The van der Waals surface area contributed by atoms with Crippen molar-refractivity contribution in [3.8, 4) is 11.4 Å². The lowest BCUT2D eigenvalue weighted by molar-refractivity contribution is 0.0933. The van der Waals surface area contributed by atoms with E-state index in [2.05, 4.69) is 33.7 Å². The molecule has 2 aromatic carbocycles. The van der Waals surface area contributed by atoms with Crippen LogP contribution < -0.4 is 5.32 Å². The summed E-state index contributed by atoms with van der Waals surface area (Å²) in [6, 6.07) is 15.7. The van der Waals surface area contributed by atoms with E-state index < -0.39 is 0 Å². The smallest absolute Gasteiger partial charge is 0.251 e. The number of rotatable bonds is 3. The van der Waals surface area contributed by atoms with Gasteiger partial charge in [-0.05, 0) is 42.5 Å². The molecule has 1 N–H and O–H groups in total. The lowest BCUT2D eigenvalue weighted by Crippen LogP contribution is -2.30. The Balaban J connectivity index is 1.50. The minimum absolute atomic E-state index is 0.0578. The average molecular weight is 333 g/mol. The quantitative estimate of drug-likeness (QED) is 0.790. The van der Waals surface area contributed by atoms with Gasteiger partial charge in [0, 0.05) is 18.1 Å². The first kappa shape index (κ1) is 15.6. The fourth-order valence-corrected chi connectivity index (χ4v) is 3.33. The SMILES string of the molecule is Cc1nc(-c2ccc(C(=O)N[C@H]3CCCc4ccccc43)cc2)no1. The van der Waals surface area contributed by atoms with Gasteiger partial charge in [0.1, 0.15) is 0 Å². The molecule has 1 heterocycles. The second-order valence-corrected chi connectivity index (χ2v) is 6.33. The monoisotopic (exact) mass is 333 g/mol. The molecule has 1 amide bonds. The van der Waals surface area contributed by atoms with Gasteiger partial charge in [-0.3, -0.25) is 4.79 Å². The summed E-state index contributed by atoms with van der Waals surface area (Å²) in [7, 11) is 0. The van der Waals surface area contributed by atoms with Gasteiger partial charge in [0.25, 0.3) is 5.91 Å². The second kappa shape index (κ2) is 6.51. The van der Waals surface area contributed by atoms with E-state index in [1.54, 1.807) is 19.1 Å². The van der Waals surface area contributed by atoms with Crippen LogP contribution in [0.4, 0.5) is 0 Å². The highest BCUT2D eigenvalue weighted by atomic mass is 16.5. The summed E-state index contributed by atoms with van der Waals surface area (Å²) in [6.45, 7) is 1.75. The Kier molecular flexibility index (Phi) is 4.06. The molecule has 1 aliphatic rings. The zero-order chi connectivity index (χ0) is 17.2. The minimum atomic E-state index is -0.0578. The number of hydrogen-bond donors (Lipinski definition) is 1. The van der Waals surface area contributed by atoms with E-state index in [1.807, 2.05) is 18.2 Å². The van der Waals surface area contributed by atoms with Crippen molar-refractivity contribution in [2.45, 2.75) is 32.2 Å². The lowest BCUT2D eigenvalue weighted by atomic mass is 9.87. The zero-order valence-electron chi connectivity index (χ0n) is 14.0. The van der Waals surface area contributed by atoms with Gasteiger partial charge in [-0.2, -0.15) is 4.98 Å². The van der Waals surface area contributed by atoms with E-state index in [0.29, 0.717) is 17.3 Å². The van der Waals surface area contributed by atoms with Crippen molar-refractivity contribution < 1.29 is 9.32 Å². The number of aryl methyl sites for hydroxylation is 2. The van der Waals surface area contributed by atoms with Crippen LogP contribution >= 0.6 is 0 Å². The zero-order valence-corrected chi connectivity index (χ0v) is 14.0. The van der Waals surface area contributed by atoms with Crippen molar-refractivity contribution in [3.05, 3.63) is 71.1 Å². The number of fused-ring (bicyclic) bond motifs is 1. The first-order chi connectivity index (χ1) is 12.2. The molecule has 1 aliphatic carbocycles. The van der Waals surface area contributed by atoms with Crippen molar-refractivity contribution in [3.63, 3.8) is 0 Å². The molecule has 126 valence electrons. The largest absolute Gasteiger partial charge is 0.345 e. The molecule has 0 unspecified atom stereocenters. The summed E-state index contributed by atoms with van der Waals surface area (Å²) in [5.74, 6) is 0.996. The number of aromatic nitrogens is 2. The Labute approximate surface area is 146 Å². The van der Waals surface area contributed by atoms with Gasteiger partial charge >= 0.3 is 0 Å². The number of hydrogen-bond acceptors (Lipinski definition) is 4. The van der Waals surface area contributed by atoms with Gasteiger partial charge in [-0.25, -0.2) is 0 Å². The van der Waals surface area contributed by atoms with Crippen molar-refractivity contribution in [1.29, 1.82) is 0 Å². The number of benzene rings is 2. The van der Waals surface area contributed by atoms with Crippen LogP contribution in [0.3, 0.4) is 0 Å². The standard InChI is InChI=1S/C20H19N3O2/c1-13-21-19(23-25-13)15-9-11-16(12-10-15)20(24)22-18-8-4-6-14-5-2-3-7-17(14)18/h2-3,5,7,9-12,18H,4,6,8H2,1H3,(H,22,24)/t18-/m0/s1. The molecular weight excluding hydrogens is 314 g/mol. The van der Waals surface area contributed by atoms with Crippen molar-refractivity contribution in [2.24, 2.45) is 0 Å². The summed E-state index contributed by atoms with van der Waals surface area (Å²) in [5.41, 5.74) is 4.03. The van der Waals surface area contributed by atoms with Crippen LogP contribution in [0.15, 0.2) is 53.1 Å². The Morgan fingerprint density at radius 1 is 1.16 bits per heavy atom. The van der Waals surface area contributed by atoms with Crippen molar-refractivity contribution in [2.75, 3.05) is 0 Å². The van der Waals surface area contributed by atoms with Crippen molar-refractivity contribution in [1.82, 2.24) is 15.5 Å². The number of carbonyl (C=O) groups is 1. The van der Waals surface area contributed by atoms with E-state index in [-0.39, 0.29) is 11.9 Å². The third kappa shape index (κ3) is 3.18. The molecule has 0 aliphatic heterocycles. The van der Waals surface area contributed by atoms with Gasteiger partial charge in [0.15, 0.2) is 0 Å². The number of amides is 1. The predicted molar refractivity (Wildman–Crippen MR) is 94.1 cm³/mol. The molecule has 0 fully saturated rings. The molecule has 25 heavy (non-hydrogen) atoms. The molecule has 5 heteroatoms. The summed E-state index contributed by atoms with van der Waals surface area (Å²) < 4.78 is 4.99. The normalized spacial score (nSPS) is 16.3. The topological polar surface area (TPSA) is 68.0 Å². The third-order valence-corrected chi connectivity index (χ3v) is 4.61. The van der Waals surface area contributed by atoms with E-state index >= 15 is 0 Å². The Morgan fingerprint density at radius 3 is 2.72 bits per heavy atom. The van der Waals surface area contributed by atoms with Crippen LogP contribution in [0, 0.1) is 6.92 Å². The Morgan fingerprint density at radius 2 is 1.96 bits per heavy atom. The maximum Gasteiger partial charge on any atom is 0.251 e. The fraction of sp³-hybridized carbons (Fsp3) is 0.250. The van der Waals surface area contributed by atoms with E-state index in [4.69, 9.17) is 4.52 Å². The molecule has 5 nitrogen and oxygen atoms in total.